The summed E-state index contributed by atoms with van der Waals surface area (Å²) in [5.41, 5.74) is 5.38. The topological polar surface area (TPSA) is 59.1 Å². The van der Waals surface area contributed by atoms with Crippen molar-refractivity contribution in [1.82, 2.24) is 9.80 Å². The van der Waals surface area contributed by atoms with Crippen molar-refractivity contribution in [2.45, 2.75) is 59.8 Å². The van der Waals surface area contributed by atoms with Gasteiger partial charge in [-0.2, -0.15) is 0 Å². The maximum absolute atomic E-state index is 12.8. The zero-order chi connectivity index (χ0) is 28.8. The molecular weight excluding hydrogens is 488 g/mol. The predicted octanol–water partition coefficient (Wildman–Crippen LogP) is 6.31. The Kier molecular flexibility index (Phi) is 10.4. The fraction of sp³-hybridized carbons (Fsp3) is 0.576. The largest absolute Gasteiger partial charge is 0.462 e. The Bertz CT molecular complexity index is 1060. The first-order valence-corrected chi connectivity index (χ1v) is 14.2. The molecule has 0 aromatic heterocycles. The van der Waals surface area contributed by atoms with Crippen LogP contribution in [-0.4, -0.2) is 76.2 Å². The van der Waals surface area contributed by atoms with Crippen molar-refractivity contribution in [2.24, 2.45) is 10.8 Å². The highest BCUT2D eigenvalue weighted by Gasteiger charge is 2.25. The molecule has 0 saturated carbocycles. The molecule has 0 atom stereocenters. The van der Waals surface area contributed by atoms with Gasteiger partial charge in [-0.15, -0.1) is 0 Å². The molecular formula is C33H48N2O4. The highest BCUT2D eigenvalue weighted by molar-refractivity contribution is 5.93. The summed E-state index contributed by atoms with van der Waals surface area (Å²) in [4.78, 5) is 30.0. The minimum absolute atomic E-state index is 0.0644. The molecule has 1 aliphatic rings. The van der Waals surface area contributed by atoms with Crippen LogP contribution in [0.25, 0.3) is 11.1 Å². The number of hydrogen-bond donors (Lipinski definition) is 0. The molecule has 1 aliphatic carbocycles. The molecule has 2 aromatic rings. The second kappa shape index (κ2) is 13.1. The lowest BCUT2D eigenvalue weighted by Crippen LogP contribution is -2.24. The summed E-state index contributed by atoms with van der Waals surface area (Å²) in [7, 11) is 8.29. The summed E-state index contributed by atoms with van der Waals surface area (Å²) in [5.74, 6) is -0.571. The molecule has 0 spiro atoms. The van der Waals surface area contributed by atoms with E-state index in [0.29, 0.717) is 30.8 Å². The van der Waals surface area contributed by atoms with Crippen LogP contribution in [0.4, 0.5) is 0 Å². The van der Waals surface area contributed by atoms with E-state index < -0.39 is 0 Å². The van der Waals surface area contributed by atoms with Gasteiger partial charge < -0.3 is 19.3 Å². The average Bonchev–Trinajstić information content (AvgIpc) is 3.22. The first-order chi connectivity index (χ1) is 18.3. The Labute approximate surface area is 235 Å². The second-order valence-corrected chi connectivity index (χ2v) is 13.2. The predicted molar refractivity (Wildman–Crippen MR) is 158 cm³/mol. The van der Waals surface area contributed by atoms with Gasteiger partial charge in [0, 0.05) is 0 Å². The third kappa shape index (κ3) is 9.18. The summed E-state index contributed by atoms with van der Waals surface area (Å²) >= 11 is 0. The van der Waals surface area contributed by atoms with Gasteiger partial charge in [-0.1, -0.05) is 39.8 Å². The Hall–Kier alpha value is -2.70. The molecule has 0 amide bonds. The molecule has 3 rings (SSSR count). The molecule has 0 saturated heterocycles. The van der Waals surface area contributed by atoms with Gasteiger partial charge in [0.25, 0.3) is 0 Å². The highest BCUT2D eigenvalue weighted by Crippen LogP contribution is 2.38. The summed E-state index contributed by atoms with van der Waals surface area (Å²) in [6.45, 7) is 11.4. The van der Waals surface area contributed by atoms with E-state index >= 15 is 0 Å². The Morgan fingerprint density at radius 3 is 1.44 bits per heavy atom. The zero-order valence-corrected chi connectivity index (χ0v) is 25.4. The highest BCUT2D eigenvalue weighted by atomic mass is 16.5. The zero-order valence-electron chi connectivity index (χ0n) is 25.4. The minimum atomic E-state index is -0.285. The molecule has 214 valence electrons. The van der Waals surface area contributed by atoms with Crippen LogP contribution in [0.3, 0.4) is 0 Å². The van der Waals surface area contributed by atoms with Gasteiger partial charge in [0.15, 0.2) is 0 Å². The van der Waals surface area contributed by atoms with Crippen LogP contribution in [0.15, 0.2) is 36.4 Å². The lowest BCUT2D eigenvalue weighted by Gasteiger charge is -2.25. The molecule has 0 aliphatic heterocycles. The van der Waals surface area contributed by atoms with E-state index in [1.165, 1.54) is 0 Å². The fourth-order valence-electron chi connectivity index (χ4n) is 5.05. The molecule has 0 N–H and O–H groups in total. The van der Waals surface area contributed by atoms with E-state index in [2.05, 4.69) is 65.7 Å². The smallest absolute Gasteiger partial charge is 0.338 e. The van der Waals surface area contributed by atoms with E-state index in [9.17, 15) is 9.59 Å². The van der Waals surface area contributed by atoms with Gasteiger partial charge >= 0.3 is 11.9 Å². The number of hydrogen-bond acceptors (Lipinski definition) is 6. The van der Waals surface area contributed by atoms with Crippen molar-refractivity contribution < 1.29 is 19.1 Å². The number of ether oxygens (including phenoxy) is 2. The fourth-order valence-corrected chi connectivity index (χ4v) is 5.05. The first-order valence-electron chi connectivity index (χ1n) is 14.2. The van der Waals surface area contributed by atoms with Crippen molar-refractivity contribution in [3.63, 3.8) is 0 Å². The molecule has 0 fully saturated rings. The Morgan fingerprint density at radius 2 is 1.08 bits per heavy atom. The summed E-state index contributed by atoms with van der Waals surface area (Å²) < 4.78 is 11.4. The Morgan fingerprint density at radius 1 is 0.692 bits per heavy atom. The van der Waals surface area contributed by atoms with Crippen molar-refractivity contribution >= 4 is 11.9 Å². The average molecular weight is 537 g/mol. The molecule has 6 heteroatoms. The molecule has 6 nitrogen and oxygen atoms in total. The molecule has 39 heavy (non-hydrogen) atoms. The van der Waals surface area contributed by atoms with E-state index in [1.54, 1.807) is 0 Å². The molecule has 0 heterocycles. The lowest BCUT2D eigenvalue weighted by molar-refractivity contribution is 0.0315. The number of fused-ring (bicyclic) bond motifs is 3. The van der Waals surface area contributed by atoms with Crippen molar-refractivity contribution in [1.29, 1.82) is 0 Å². The van der Waals surface area contributed by atoms with Crippen LogP contribution in [0.2, 0.25) is 0 Å². The van der Waals surface area contributed by atoms with Gasteiger partial charge in [0.1, 0.15) is 0 Å². The van der Waals surface area contributed by atoms with Gasteiger partial charge in [-0.25, -0.2) is 9.59 Å². The number of carbonyl (C=O) groups is 2. The molecule has 0 unspecified atom stereocenters. The number of nitrogens with zero attached hydrogens (tertiary/aromatic N) is 2. The van der Waals surface area contributed by atoms with Crippen LogP contribution in [0.1, 0.15) is 85.2 Å². The maximum atomic E-state index is 12.8. The third-order valence-corrected chi connectivity index (χ3v) is 7.46. The van der Waals surface area contributed by atoms with E-state index in [4.69, 9.17) is 9.47 Å². The van der Waals surface area contributed by atoms with E-state index in [0.717, 1.165) is 61.0 Å². The molecule has 2 aromatic carbocycles. The van der Waals surface area contributed by atoms with Crippen molar-refractivity contribution in [3.8, 4) is 11.1 Å². The van der Waals surface area contributed by atoms with Crippen LogP contribution >= 0.6 is 0 Å². The normalized spacial score (nSPS) is 13.0. The number of esters is 2. The number of rotatable bonds is 14. The van der Waals surface area contributed by atoms with Crippen LogP contribution in [-0.2, 0) is 15.9 Å². The summed E-state index contributed by atoms with van der Waals surface area (Å²) in [6, 6.07) is 11.5. The lowest BCUT2D eigenvalue weighted by atomic mass is 9.89. The second-order valence-electron chi connectivity index (χ2n) is 13.2. The van der Waals surface area contributed by atoms with Gasteiger partial charge in [-0.3, -0.25) is 0 Å². The van der Waals surface area contributed by atoms with Crippen LogP contribution in [0.5, 0.6) is 0 Å². The van der Waals surface area contributed by atoms with Crippen LogP contribution in [0, 0.1) is 10.8 Å². The molecule has 0 bridgehead atoms. The van der Waals surface area contributed by atoms with Crippen molar-refractivity contribution in [3.05, 3.63) is 58.7 Å². The minimum Gasteiger partial charge on any atom is -0.462 e. The maximum Gasteiger partial charge on any atom is 0.338 e. The summed E-state index contributed by atoms with van der Waals surface area (Å²) in [6.07, 6.45) is 4.81. The molecule has 0 radical (unpaired) electrons. The van der Waals surface area contributed by atoms with E-state index in [-0.39, 0.29) is 22.8 Å². The van der Waals surface area contributed by atoms with Gasteiger partial charge in [-0.05, 0) is 131 Å². The monoisotopic (exact) mass is 536 g/mol. The SMILES string of the molecule is CN(C)CCCC(C)(C)COC(=O)c1ccc2c(c1)Cc1cc(C(=O)OCC(C)(C)CCCN(C)C)ccc1-2. The Balaban J connectivity index is 1.57. The van der Waals surface area contributed by atoms with Crippen LogP contribution < -0.4 is 0 Å². The number of benzene rings is 2. The first kappa shape index (κ1) is 30.8. The number of carbonyl (C=O) groups excluding carboxylic acids is 2. The summed E-state index contributed by atoms with van der Waals surface area (Å²) in [5, 5.41) is 0. The van der Waals surface area contributed by atoms with Crippen molar-refractivity contribution in [2.75, 3.05) is 54.5 Å². The third-order valence-electron chi connectivity index (χ3n) is 7.46. The quantitative estimate of drug-likeness (QED) is 0.225. The van der Waals surface area contributed by atoms with Gasteiger partial charge in [0.05, 0.1) is 24.3 Å². The van der Waals surface area contributed by atoms with E-state index in [1.807, 2.05) is 36.4 Å². The van der Waals surface area contributed by atoms with Gasteiger partial charge in [0.2, 0.25) is 0 Å². The standard InChI is InChI=1S/C33H48N2O4/c1-32(2,15-9-17-34(5)6)22-38-30(36)24-11-13-28-26(19-24)21-27-20-25(12-14-29(27)28)31(37)39-23-33(3,4)16-10-18-35(7)8/h11-14,19-20H,9-10,15-18,21-23H2,1-8H3.